The Kier molecular flexibility index (Phi) is 4.79. The van der Waals surface area contributed by atoms with Crippen molar-refractivity contribution in [3.05, 3.63) is 72.2 Å². The summed E-state index contributed by atoms with van der Waals surface area (Å²) < 4.78 is 52.5. The number of para-hydroxylation sites is 1. The lowest BCUT2D eigenvalue weighted by Gasteiger charge is -2.12. The van der Waals surface area contributed by atoms with Crippen LogP contribution in [0.5, 0.6) is 5.75 Å². The van der Waals surface area contributed by atoms with Crippen molar-refractivity contribution in [2.75, 3.05) is 0 Å². The van der Waals surface area contributed by atoms with Gasteiger partial charge in [0.25, 0.3) is 0 Å². The molecule has 0 unspecified atom stereocenters. The van der Waals surface area contributed by atoms with Gasteiger partial charge >= 0.3 is 6.18 Å². The predicted octanol–water partition coefficient (Wildman–Crippen LogP) is 4.73. The van der Waals surface area contributed by atoms with E-state index >= 15 is 0 Å². The molecule has 0 bridgehead atoms. The van der Waals surface area contributed by atoms with Crippen LogP contribution in [0, 0.1) is 0 Å². The Morgan fingerprint density at radius 3 is 2.41 bits per heavy atom. The van der Waals surface area contributed by atoms with Gasteiger partial charge in [-0.1, -0.05) is 35.5 Å². The van der Waals surface area contributed by atoms with Gasteiger partial charge in [-0.2, -0.15) is 13.2 Å². The topological polar surface area (TPSA) is 66.0 Å². The minimum atomic E-state index is -4.49. The average molecular weight is 400 g/mol. The molecule has 4 rings (SSSR count). The number of nitrogens with zero attached hydrogens (tertiary/aromatic N) is 4. The van der Waals surface area contributed by atoms with E-state index in [2.05, 4.69) is 15.4 Å². The summed E-state index contributed by atoms with van der Waals surface area (Å²) >= 11 is 0. The zero-order valence-corrected chi connectivity index (χ0v) is 15.2. The van der Waals surface area contributed by atoms with Crippen molar-refractivity contribution in [1.82, 2.24) is 19.9 Å². The number of aromatic nitrogens is 4. The number of alkyl halides is 3. The van der Waals surface area contributed by atoms with E-state index in [4.69, 9.17) is 9.26 Å². The quantitative estimate of drug-likeness (QED) is 0.484. The smallest absolute Gasteiger partial charge is 0.417 e. The largest absolute Gasteiger partial charge is 0.485 e. The first-order valence-corrected chi connectivity index (χ1v) is 8.63. The number of halogens is 3. The van der Waals surface area contributed by atoms with Gasteiger partial charge in [-0.3, -0.25) is 0 Å². The SMILES string of the molecule is Cn1c(COc2ccccc2-c2ccno2)nnc1-c1ccccc1C(F)(F)F. The summed E-state index contributed by atoms with van der Waals surface area (Å²) in [5.74, 6) is 1.56. The summed E-state index contributed by atoms with van der Waals surface area (Å²) in [6.07, 6.45) is -2.96. The molecule has 0 aliphatic rings. The fourth-order valence-electron chi connectivity index (χ4n) is 2.94. The van der Waals surface area contributed by atoms with Crippen LogP contribution in [0.2, 0.25) is 0 Å². The number of benzene rings is 2. The normalized spacial score (nSPS) is 11.6. The first-order valence-electron chi connectivity index (χ1n) is 8.63. The molecule has 0 amide bonds. The Hall–Kier alpha value is -3.62. The number of ether oxygens (including phenoxy) is 1. The van der Waals surface area contributed by atoms with Gasteiger partial charge in [-0.15, -0.1) is 10.2 Å². The van der Waals surface area contributed by atoms with Crippen molar-refractivity contribution in [3.8, 4) is 28.5 Å². The lowest BCUT2D eigenvalue weighted by Crippen LogP contribution is -2.09. The second-order valence-electron chi connectivity index (χ2n) is 6.20. The molecular formula is C20H15F3N4O2. The molecule has 9 heteroatoms. The van der Waals surface area contributed by atoms with Gasteiger partial charge in [0.15, 0.2) is 17.4 Å². The van der Waals surface area contributed by atoms with E-state index in [1.165, 1.54) is 29.0 Å². The maximum Gasteiger partial charge on any atom is 0.417 e. The van der Waals surface area contributed by atoms with Gasteiger partial charge in [0.2, 0.25) is 0 Å². The maximum atomic E-state index is 13.3. The zero-order chi connectivity index (χ0) is 20.4. The lowest BCUT2D eigenvalue weighted by atomic mass is 10.1. The van der Waals surface area contributed by atoms with Crippen molar-refractivity contribution in [2.24, 2.45) is 7.05 Å². The molecule has 29 heavy (non-hydrogen) atoms. The molecule has 2 aromatic carbocycles. The molecule has 0 radical (unpaired) electrons. The van der Waals surface area contributed by atoms with Crippen LogP contribution in [0.15, 0.2) is 65.3 Å². The lowest BCUT2D eigenvalue weighted by molar-refractivity contribution is -0.137. The van der Waals surface area contributed by atoms with E-state index in [0.717, 1.165) is 6.07 Å². The third kappa shape index (κ3) is 3.71. The van der Waals surface area contributed by atoms with Crippen molar-refractivity contribution < 1.29 is 22.4 Å². The zero-order valence-electron chi connectivity index (χ0n) is 15.2. The van der Waals surface area contributed by atoms with Crippen LogP contribution < -0.4 is 4.74 Å². The van der Waals surface area contributed by atoms with Gasteiger partial charge in [0.05, 0.1) is 17.3 Å². The Balaban J connectivity index is 1.61. The summed E-state index contributed by atoms with van der Waals surface area (Å²) in [5, 5.41) is 11.6. The molecule has 0 fully saturated rings. The Morgan fingerprint density at radius 2 is 1.69 bits per heavy atom. The van der Waals surface area contributed by atoms with Crippen LogP contribution in [-0.4, -0.2) is 19.9 Å². The molecule has 0 atom stereocenters. The molecule has 6 nitrogen and oxygen atoms in total. The molecule has 0 aliphatic heterocycles. The van der Waals surface area contributed by atoms with Gasteiger partial charge in [-0.25, -0.2) is 0 Å². The summed E-state index contributed by atoms with van der Waals surface area (Å²) in [4.78, 5) is 0. The summed E-state index contributed by atoms with van der Waals surface area (Å²) in [7, 11) is 1.60. The summed E-state index contributed by atoms with van der Waals surface area (Å²) in [5.41, 5.74) is -0.100. The highest BCUT2D eigenvalue weighted by atomic mass is 19.4. The monoisotopic (exact) mass is 400 g/mol. The first kappa shape index (κ1) is 18.7. The molecule has 148 valence electrons. The van der Waals surface area contributed by atoms with E-state index in [1.54, 1.807) is 25.2 Å². The van der Waals surface area contributed by atoms with Gasteiger partial charge in [0, 0.05) is 18.7 Å². The summed E-state index contributed by atoms with van der Waals surface area (Å²) in [6.45, 7) is 0.0167. The van der Waals surface area contributed by atoms with E-state index < -0.39 is 11.7 Å². The van der Waals surface area contributed by atoms with Gasteiger partial charge in [0.1, 0.15) is 12.4 Å². The molecule has 0 N–H and O–H groups in total. The number of hydrogen-bond donors (Lipinski definition) is 0. The van der Waals surface area contributed by atoms with Gasteiger partial charge < -0.3 is 13.8 Å². The first-order chi connectivity index (χ1) is 13.9. The summed E-state index contributed by atoms with van der Waals surface area (Å²) in [6, 6.07) is 14.2. The standard InChI is InChI=1S/C20H15F3N4O2/c1-27-18(12-28-16-9-5-3-7-14(16)17-10-11-24-29-17)25-26-19(27)13-6-2-4-8-15(13)20(21,22)23/h2-11H,12H2,1H3. The van der Waals surface area contributed by atoms with Crippen LogP contribution in [0.3, 0.4) is 0 Å². The number of hydrogen-bond acceptors (Lipinski definition) is 5. The second kappa shape index (κ2) is 7.42. The van der Waals surface area contributed by atoms with Crippen LogP contribution in [0.4, 0.5) is 13.2 Å². The van der Waals surface area contributed by atoms with Crippen molar-refractivity contribution in [1.29, 1.82) is 0 Å². The Morgan fingerprint density at radius 1 is 0.966 bits per heavy atom. The molecule has 2 heterocycles. The molecule has 4 aromatic rings. The minimum Gasteiger partial charge on any atom is -0.485 e. The highest BCUT2D eigenvalue weighted by Crippen LogP contribution is 2.36. The third-order valence-electron chi connectivity index (χ3n) is 4.39. The molecular weight excluding hydrogens is 385 g/mol. The Bertz CT molecular complexity index is 1120. The van der Waals surface area contributed by atoms with Crippen LogP contribution >= 0.6 is 0 Å². The highest BCUT2D eigenvalue weighted by Gasteiger charge is 2.34. The third-order valence-corrected chi connectivity index (χ3v) is 4.39. The van der Waals surface area contributed by atoms with Crippen molar-refractivity contribution >= 4 is 0 Å². The van der Waals surface area contributed by atoms with E-state index in [-0.39, 0.29) is 18.0 Å². The van der Waals surface area contributed by atoms with Crippen molar-refractivity contribution in [3.63, 3.8) is 0 Å². The van der Waals surface area contributed by atoms with Crippen molar-refractivity contribution in [2.45, 2.75) is 12.8 Å². The second-order valence-corrected chi connectivity index (χ2v) is 6.20. The Labute approximate surface area is 163 Å². The van der Waals surface area contributed by atoms with E-state index in [9.17, 15) is 13.2 Å². The fourth-order valence-corrected chi connectivity index (χ4v) is 2.94. The highest BCUT2D eigenvalue weighted by molar-refractivity contribution is 5.65. The molecule has 0 saturated heterocycles. The van der Waals surface area contributed by atoms with Crippen LogP contribution in [0.1, 0.15) is 11.4 Å². The van der Waals surface area contributed by atoms with E-state index in [1.807, 2.05) is 12.1 Å². The predicted molar refractivity (Wildman–Crippen MR) is 97.7 cm³/mol. The maximum absolute atomic E-state index is 13.3. The van der Waals surface area contributed by atoms with Gasteiger partial charge in [-0.05, 0) is 18.2 Å². The van der Waals surface area contributed by atoms with Crippen LogP contribution in [0.25, 0.3) is 22.7 Å². The van der Waals surface area contributed by atoms with Crippen LogP contribution in [-0.2, 0) is 19.8 Å². The molecule has 0 saturated carbocycles. The molecule has 0 aliphatic carbocycles. The molecule has 0 spiro atoms. The molecule has 2 aromatic heterocycles. The fraction of sp³-hybridized carbons (Fsp3) is 0.150. The number of rotatable bonds is 5. The minimum absolute atomic E-state index is 0.0167. The average Bonchev–Trinajstić information content (AvgIpc) is 3.36. The van der Waals surface area contributed by atoms with E-state index in [0.29, 0.717) is 22.9 Å².